The van der Waals surface area contributed by atoms with Crippen LogP contribution in [0.25, 0.3) is 17.2 Å². The highest BCUT2D eigenvalue weighted by Gasteiger charge is 1.97. The molecule has 0 aliphatic rings. The quantitative estimate of drug-likeness (QED) is 0.698. The number of halogens is 1. The van der Waals surface area contributed by atoms with E-state index in [4.69, 9.17) is 0 Å². The zero-order chi connectivity index (χ0) is 11.4. The number of hydrogen-bond donors (Lipinski definition) is 0. The molecule has 0 unspecified atom stereocenters. The van der Waals surface area contributed by atoms with E-state index in [1.807, 2.05) is 6.08 Å². The molecule has 2 aromatic rings. The van der Waals surface area contributed by atoms with Crippen molar-refractivity contribution in [3.63, 3.8) is 0 Å². The van der Waals surface area contributed by atoms with Gasteiger partial charge in [0.05, 0.1) is 0 Å². The first-order valence-corrected chi connectivity index (χ1v) is 6.33. The topological polar surface area (TPSA) is 0 Å². The molecule has 0 bridgehead atoms. The molecular weight excluding hydrogens is 260 g/mol. The molecule has 2 aromatic carbocycles. The molecule has 0 saturated heterocycles. The second-order valence-electron chi connectivity index (χ2n) is 3.66. The molecule has 0 saturated carbocycles. The Hall–Kier alpha value is -1.34. The molecule has 0 nitrogen and oxygen atoms in total. The summed E-state index contributed by atoms with van der Waals surface area (Å²) in [4.78, 5) is 0. The summed E-state index contributed by atoms with van der Waals surface area (Å²) in [7, 11) is 0. The summed E-state index contributed by atoms with van der Waals surface area (Å²) >= 11 is 3.45. The molecule has 0 radical (unpaired) electrons. The fourth-order valence-electron chi connectivity index (χ4n) is 1.60. The molecular formula is C15H13Br. The summed E-state index contributed by atoms with van der Waals surface area (Å²) < 4.78 is 0. The van der Waals surface area contributed by atoms with E-state index in [2.05, 4.69) is 71.0 Å². The minimum atomic E-state index is 0.905. The lowest BCUT2D eigenvalue weighted by molar-refractivity contribution is 1.43. The predicted octanol–water partition coefficient (Wildman–Crippen LogP) is 4.89. The van der Waals surface area contributed by atoms with Crippen LogP contribution in [-0.2, 0) is 5.33 Å². The highest BCUT2D eigenvalue weighted by molar-refractivity contribution is 9.08. The van der Waals surface area contributed by atoms with Gasteiger partial charge < -0.3 is 0 Å². The molecule has 0 fully saturated rings. The number of benzene rings is 2. The Labute approximate surface area is 105 Å². The minimum Gasteiger partial charge on any atom is -0.0985 e. The van der Waals surface area contributed by atoms with Gasteiger partial charge in [0.15, 0.2) is 0 Å². The summed E-state index contributed by atoms with van der Waals surface area (Å²) in [6.45, 7) is 3.75. The molecule has 0 heterocycles. The first-order chi connectivity index (χ1) is 7.83. The van der Waals surface area contributed by atoms with Gasteiger partial charge in [0.2, 0.25) is 0 Å². The van der Waals surface area contributed by atoms with Crippen molar-refractivity contribution in [1.29, 1.82) is 0 Å². The van der Waals surface area contributed by atoms with Gasteiger partial charge >= 0.3 is 0 Å². The van der Waals surface area contributed by atoms with Crippen LogP contribution in [-0.4, -0.2) is 0 Å². The van der Waals surface area contributed by atoms with Crippen molar-refractivity contribution in [2.75, 3.05) is 0 Å². The van der Waals surface area contributed by atoms with Crippen LogP contribution < -0.4 is 0 Å². The third-order valence-electron chi connectivity index (χ3n) is 2.59. The SMILES string of the molecule is C=Cc1ccc(-c2ccc(CBr)cc2)cc1. The van der Waals surface area contributed by atoms with Gasteiger partial charge in [0.1, 0.15) is 0 Å². The van der Waals surface area contributed by atoms with Crippen LogP contribution in [0.4, 0.5) is 0 Å². The van der Waals surface area contributed by atoms with E-state index in [-0.39, 0.29) is 0 Å². The van der Waals surface area contributed by atoms with Crippen molar-refractivity contribution in [3.05, 3.63) is 66.2 Å². The zero-order valence-corrected chi connectivity index (χ0v) is 10.6. The summed E-state index contributed by atoms with van der Waals surface area (Å²) in [5, 5.41) is 0.905. The molecule has 1 heteroatoms. The van der Waals surface area contributed by atoms with Gasteiger partial charge in [-0.05, 0) is 22.3 Å². The third-order valence-corrected chi connectivity index (χ3v) is 3.24. The summed E-state index contributed by atoms with van der Waals surface area (Å²) in [5.41, 5.74) is 4.94. The molecule has 2 rings (SSSR count). The van der Waals surface area contributed by atoms with Crippen molar-refractivity contribution in [1.82, 2.24) is 0 Å². The Morgan fingerprint density at radius 3 is 1.81 bits per heavy atom. The number of alkyl halides is 1. The summed E-state index contributed by atoms with van der Waals surface area (Å²) in [6.07, 6.45) is 1.86. The van der Waals surface area contributed by atoms with Crippen LogP contribution in [0.2, 0.25) is 0 Å². The minimum absolute atomic E-state index is 0.905. The zero-order valence-electron chi connectivity index (χ0n) is 8.99. The Balaban J connectivity index is 2.31. The van der Waals surface area contributed by atoms with Gasteiger partial charge in [-0.3, -0.25) is 0 Å². The molecule has 16 heavy (non-hydrogen) atoms. The van der Waals surface area contributed by atoms with Gasteiger partial charge in [0.25, 0.3) is 0 Å². The van der Waals surface area contributed by atoms with Gasteiger partial charge in [-0.15, -0.1) is 0 Å². The fourth-order valence-corrected chi connectivity index (χ4v) is 1.97. The van der Waals surface area contributed by atoms with Crippen molar-refractivity contribution < 1.29 is 0 Å². The first-order valence-electron chi connectivity index (χ1n) is 5.21. The van der Waals surface area contributed by atoms with Crippen LogP contribution in [0.5, 0.6) is 0 Å². The fraction of sp³-hybridized carbons (Fsp3) is 0.0667. The summed E-state index contributed by atoms with van der Waals surface area (Å²) in [5.74, 6) is 0. The molecule has 0 aromatic heterocycles. The lowest BCUT2D eigenvalue weighted by Gasteiger charge is -2.03. The van der Waals surface area contributed by atoms with E-state index in [9.17, 15) is 0 Å². The van der Waals surface area contributed by atoms with Gasteiger partial charge in [0, 0.05) is 5.33 Å². The van der Waals surface area contributed by atoms with Crippen LogP contribution in [0.1, 0.15) is 11.1 Å². The summed E-state index contributed by atoms with van der Waals surface area (Å²) in [6, 6.07) is 17.0. The predicted molar refractivity (Wildman–Crippen MR) is 74.6 cm³/mol. The van der Waals surface area contributed by atoms with Crippen LogP contribution in [0.3, 0.4) is 0 Å². The molecule has 80 valence electrons. The van der Waals surface area contributed by atoms with Crippen LogP contribution in [0.15, 0.2) is 55.1 Å². The number of rotatable bonds is 3. The largest absolute Gasteiger partial charge is 0.0985 e. The first kappa shape index (κ1) is 11.2. The van der Waals surface area contributed by atoms with Crippen LogP contribution >= 0.6 is 15.9 Å². The van der Waals surface area contributed by atoms with Crippen molar-refractivity contribution in [3.8, 4) is 11.1 Å². The lowest BCUT2D eigenvalue weighted by atomic mass is 10.0. The van der Waals surface area contributed by atoms with E-state index in [1.165, 1.54) is 16.7 Å². The highest BCUT2D eigenvalue weighted by atomic mass is 79.9. The lowest BCUT2D eigenvalue weighted by Crippen LogP contribution is -1.80. The molecule has 0 atom stereocenters. The molecule has 0 N–H and O–H groups in total. The maximum Gasteiger partial charge on any atom is 0.0283 e. The van der Waals surface area contributed by atoms with Crippen molar-refractivity contribution in [2.24, 2.45) is 0 Å². The third kappa shape index (κ3) is 2.42. The van der Waals surface area contributed by atoms with E-state index in [0.717, 1.165) is 10.9 Å². The Bertz CT molecular complexity index is 466. The van der Waals surface area contributed by atoms with Crippen LogP contribution in [0, 0.1) is 0 Å². The van der Waals surface area contributed by atoms with E-state index in [0.29, 0.717) is 0 Å². The average molecular weight is 273 g/mol. The second kappa shape index (κ2) is 5.13. The maximum atomic E-state index is 3.75. The Morgan fingerprint density at radius 2 is 1.38 bits per heavy atom. The van der Waals surface area contributed by atoms with E-state index < -0.39 is 0 Å². The standard InChI is InChI=1S/C15H13Br/c1-2-12-3-7-14(8-4-12)15-9-5-13(11-16)6-10-15/h2-10H,1,11H2. The Morgan fingerprint density at radius 1 is 0.875 bits per heavy atom. The molecule has 0 amide bonds. The maximum absolute atomic E-state index is 3.75. The van der Waals surface area contributed by atoms with E-state index in [1.54, 1.807) is 0 Å². The normalized spacial score (nSPS) is 10.1. The Kier molecular flexibility index (Phi) is 3.58. The van der Waals surface area contributed by atoms with Crippen molar-refractivity contribution in [2.45, 2.75) is 5.33 Å². The van der Waals surface area contributed by atoms with Gasteiger partial charge in [-0.2, -0.15) is 0 Å². The van der Waals surface area contributed by atoms with Gasteiger partial charge in [-0.1, -0.05) is 77.1 Å². The number of hydrogen-bond acceptors (Lipinski definition) is 0. The van der Waals surface area contributed by atoms with Crippen molar-refractivity contribution >= 4 is 22.0 Å². The molecule has 0 aliphatic carbocycles. The second-order valence-corrected chi connectivity index (χ2v) is 4.22. The van der Waals surface area contributed by atoms with Gasteiger partial charge in [-0.25, -0.2) is 0 Å². The van der Waals surface area contributed by atoms with E-state index >= 15 is 0 Å². The monoisotopic (exact) mass is 272 g/mol. The average Bonchev–Trinajstić information content (AvgIpc) is 2.39. The highest BCUT2D eigenvalue weighted by Crippen LogP contribution is 2.21. The smallest absolute Gasteiger partial charge is 0.0283 e. The molecule has 0 aliphatic heterocycles. The molecule has 0 spiro atoms.